The van der Waals surface area contributed by atoms with Crippen LogP contribution in [0.4, 0.5) is 0 Å². The molecule has 0 N–H and O–H groups in total. The van der Waals surface area contributed by atoms with Gasteiger partial charge in [0.1, 0.15) is 17.9 Å². The molecule has 0 aromatic carbocycles. The lowest BCUT2D eigenvalue weighted by Gasteiger charge is -2.31. The van der Waals surface area contributed by atoms with Crippen molar-refractivity contribution in [2.45, 2.75) is 37.7 Å². The van der Waals surface area contributed by atoms with E-state index in [1.807, 2.05) is 23.1 Å². The summed E-state index contributed by atoms with van der Waals surface area (Å²) < 4.78 is 12.0. The molecule has 24 heavy (non-hydrogen) atoms. The van der Waals surface area contributed by atoms with E-state index < -0.39 is 0 Å². The molecule has 2 aromatic rings. The summed E-state index contributed by atoms with van der Waals surface area (Å²) in [4.78, 5) is 23.0. The minimum absolute atomic E-state index is 0.0271. The van der Waals surface area contributed by atoms with Gasteiger partial charge in [-0.3, -0.25) is 9.78 Å². The van der Waals surface area contributed by atoms with Crippen molar-refractivity contribution in [1.82, 2.24) is 14.9 Å². The fourth-order valence-electron chi connectivity index (χ4n) is 3.43. The highest BCUT2D eigenvalue weighted by Gasteiger charge is 2.47. The summed E-state index contributed by atoms with van der Waals surface area (Å²) in [7, 11) is 0. The summed E-state index contributed by atoms with van der Waals surface area (Å²) >= 11 is 1.44. The number of rotatable bonds is 4. The summed E-state index contributed by atoms with van der Waals surface area (Å²) in [5.41, 5.74) is 3.08. The molecule has 126 valence electrons. The fraction of sp³-hybridized carbons (Fsp3) is 0.471. The number of aromatic nitrogens is 2. The Bertz CT molecular complexity index is 680. The molecule has 2 saturated heterocycles. The topological polar surface area (TPSA) is 64.6 Å². The molecule has 7 heteroatoms. The van der Waals surface area contributed by atoms with Gasteiger partial charge in [-0.2, -0.15) is 0 Å². The maximum atomic E-state index is 12.7. The molecule has 2 aromatic heterocycles. The van der Waals surface area contributed by atoms with E-state index in [1.54, 1.807) is 17.1 Å². The zero-order chi connectivity index (χ0) is 16.4. The van der Waals surface area contributed by atoms with Crippen LogP contribution >= 0.6 is 11.3 Å². The lowest BCUT2D eigenvalue weighted by Crippen LogP contribution is -2.44. The van der Waals surface area contributed by atoms with Gasteiger partial charge in [0.25, 0.3) is 5.91 Å². The van der Waals surface area contributed by atoms with Gasteiger partial charge in [0.15, 0.2) is 0 Å². The van der Waals surface area contributed by atoms with Crippen molar-refractivity contribution in [2.24, 2.45) is 0 Å². The van der Waals surface area contributed by atoms with E-state index in [9.17, 15) is 4.79 Å². The van der Waals surface area contributed by atoms with E-state index in [4.69, 9.17) is 9.47 Å². The first-order chi connectivity index (χ1) is 11.8. The molecule has 3 atom stereocenters. The monoisotopic (exact) mass is 345 g/mol. The lowest BCUT2D eigenvalue weighted by atomic mass is 10.0. The van der Waals surface area contributed by atoms with Crippen LogP contribution in [0.3, 0.4) is 0 Å². The number of hydrogen-bond acceptors (Lipinski definition) is 6. The predicted molar refractivity (Wildman–Crippen MR) is 88.7 cm³/mol. The zero-order valence-electron chi connectivity index (χ0n) is 13.2. The van der Waals surface area contributed by atoms with Crippen LogP contribution < -0.4 is 0 Å². The summed E-state index contributed by atoms with van der Waals surface area (Å²) in [5.74, 6) is -0.0271. The van der Waals surface area contributed by atoms with Crippen molar-refractivity contribution in [3.63, 3.8) is 0 Å². The maximum absolute atomic E-state index is 12.7. The summed E-state index contributed by atoms with van der Waals surface area (Å²) in [6.07, 6.45) is 3.48. The van der Waals surface area contributed by atoms with Crippen molar-refractivity contribution in [3.05, 3.63) is 46.7 Å². The second-order valence-electron chi connectivity index (χ2n) is 6.05. The van der Waals surface area contributed by atoms with Crippen LogP contribution in [0.2, 0.25) is 0 Å². The molecule has 0 unspecified atom stereocenters. The zero-order valence-corrected chi connectivity index (χ0v) is 14.0. The van der Waals surface area contributed by atoms with Crippen LogP contribution in [0.25, 0.3) is 0 Å². The van der Waals surface area contributed by atoms with Gasteiger partial charge in [-0.15, -0.1) is 11.3 Å². The second-order valence-corrected chi connectivity index (χ2v) is 6.77. The number of likely N-dealkylation sites (tertiary alicyclic amines) is 1. The van der Waals surface area contributed by atoms with Gasteiger partial charge in [0.05, 0.1) is 30.4 Å². The Morgan fingerprint density at radius 2 is 2.38 bits per heavy atom. The number of hydrogen-bond donors (Lipinski definition) is 0. The normalized spacial score (nSPS) is 26.3. The number of pyridine rings is 1. The summed E-state index contributed by atoms with van der Waals surface area (Å²) in [6.45, 7) is 1.69. The van der Waals surface area contributed by atoms with E-state index in [0.29, 0.717) is 18.8 Å². The molecule has 0 spiro atoms. The summed E-state index contributed by atoms with van der Waals surface area (Å²) in [5, 5.41) is 1.79. The molecule has 1 amide bonds. The summed E-state index contributed by atoms with van der Waals surface area (Å²) in [6, 6.07) is 5.83. The fourth-order valence-corrected chi connectivity index (χ4v) is 3.96. The third kappa shape index (κ3) is 3.07. The van der Waals surface area contributed by atoms with Crippen LogP contribution in [-0.4, -0.2) is 52.2 Å². The number of fused-ring (bicyclic) bond motifs is 1. The maximum Gasteiger partial charge on any atom is 0.273 e. The standard InChI is InChI=1S/C17H19N3O3S/c21-17(13-10-24-11-19-13)20-8-15(16-14(20)5-3-7-22-16)23-9-12-4-1-2-6-18-12/h1-2,4,6,10-11,14-16H,3,5,7-9H2/t14-,15-,16+/m1/s1. The minimum atomic E-state index is -0.125. The van der Waals surface area contributed by atoms with E-state index in [-0.39, 0.29) is 24.2 Å². The third-order valence-corrected chi connectivity index (χ3v) is 5.15. The van der Waals surface area contributed by atoms with Gasteiger partial charge < -0.3 is 14.4 Å². The van der Waals surface area contributed by atoms with Crippen LogP contribution in [0.15, 0.2) is 35.3 Å². The molecule has 2 aliphatic rings. The van der Waals surface area contributed by atoms with Crippen LogP contribution in [0, 0.1) is 0 Å². The van der Waals surface area contributed by atoms with Gasteiger partial charge in [-0.1, -0.05) is 6.07 Å². The molecule has 2 aliphatic heterocycles. The van der Waals surface area contributed by atoms with Crippen molar-refractivity contribution in [2.75, 3.05) is 13.2 Å². The first kappa shape index (κ1) is 15.7. The Balaban J connectivity index is 1.48. The molecular formula is C17H19N3O3S. The Labute approximate surface area is 144 Å². The largest absolute Gasteiger partial charge is 0.373 e. The number of carbonyl (C=O) groups is 1. The molecule has 0 saturated carbocycles. The number of ether oxygens (including phenoxy) is 2. The van der Waals surface area contributed by atoms with Gasteiger partial charge >= 0.3 is 0 Å². The van der Waals surface area contributed by atoms with Crippen molar-refractivity contribution < 1.29 is 14.3 Å². The van der Waals surface area contributed by atoms with Crippen LogP contribution in [0.1, 0.15) is 29.0 Å². The highest BCUT2D eigenvalue weighted by molar-refractivity contribution is 7.07. The quantitative estimate of drug-likeness (QED) is 0.849. The average Bonchev–Trinajstić information content (AvgIpc) is 3.29. The lowest BCUT2D eigenvalue weighted by molar-refractivity contribution is -0.0814. The van der Waals surface area contributed by atoms with Crippen LogP contribution in [0.5, 0.6) is 0 Å². The number of nitrogens with zero attached hydrogens (tertiary/aromatic N) is 3. The molecular weight excluding hydrogens is 326 g/mol. The number of amides is 1. The van der Waals surface area contributed by atoms with E-state index in [1.165, 1.54) is 11.3 Å². The molecule has 2 fully saturated rings. The Morgan fingerprint density at radius 1 is 1.42 bits per heavy atom. The molecule has 0 aliphatic carbocycles. The highest BCUT2D eigenvalue weighted by atomic mass is 32.1. The van der Waals surface area contributed by atoms with E-state index >= 15 is 0 Å². The van der Waals surface area contributed by atoms with Crippen molar-refractivity contribution in [1.29, 1.82) is 0 Å². The average molecular weight is 345 g/mol. The molecule has 6 nitrogen and oxygen atoms in total. The van der Waals surface area contributed by atoms with Crippen LogP contribution in [-0.2, 0) is 16.1 Å². The van der Waals surface area contributed by atoms with E-state index in [2.05, 4.69) is 9.97 Å². The smallest absolute Gasteiger partial charge is 0.273 e. The van der Waals surface area contributed by atoms with Crippen molar-refractivity contribution >= 4 is 17.2 Å². The Morgan fingerprint density at radius 3 is 3.17 bits per heavy atom. The third-order valence-electron chi connectivity index (χ3n) is 4.56. The number of carbonyl (C=O) groups excluding carboxylic acids is 1. The molecule has 0 bridgehead atoms. The predicted octanol–water partition coefficient (Wildman–Crippen LogP) is 2.13. The van der Waals surface area contributed by atoms with E-state index in [0.717, 1.165) is 25.1 Å². The first-order valence-electron chi connectivity index (χ1n) is 8.15. The molecule has 0 radical (unpaired) electrons. The number of thiazole rings is 1. The SMILES string of the molecule is O=C(c1cscn1)N1C[C@@H](OCc2ccccn2)[C@H]2OCCC[C@H]21. The molecule has 4 heterocycles. The molecule has 4 rings (SSSR count). The highest BCUT2D eigenvalue weighted by Crippen LogP contribution is 2.32. The van der Waals surface area contributed by atoms with Gasteiger partial charge in [-0.25, -0.2) is 4.98 Å². The Hall–Kier alpha value is -1.83. The minimum Gasteiger partial charge on any atom is -0.373 e. The van der Waals surface area contributed by atoms with Crippen molar-refractivity contribution in [3.8, 4) is 0 Å². The first-order valence-corrected chi connectivity index (χ1v) is 9.09. The van der Waals surface area contributed by atoms with Gasteiger partial charge in [0.2, 0.25) is 0 Å². The van der Waals surface area contributed by atoms with Gasteiger partial charge in [0, 0.05) is 18.2 Å². The second kappa shape index (κ2) is 6.96. The van der Waals surface area contributed by atoms with Gasteiger partial charge in [-0.05, 0) is 25.0 Å². The Kier molecular flexibility index (Phi) is 4.55.